The van der Waals surface area contributed by atoms with Crippen molar-refractivity contribution < 1.29 is 18.3 Å². The van der Waals surface area contributed by atoms with Gasteiger partial charge in [0.2, 0.25) is 0 Å². The standard InChI is InChI=1S/C21H22F2N4O3S/c1-10-11(2)26-27(5)20(29)16(10)19-25-13(4)17(31-19)18(28)24-12(3)14-7-6-8-15(9-14)30-21(22)23/h6-9,12,21H,1-5H3,(H,24,28). The fourth-order valence-electron chi connectivity index (χ4n) is 3.12. The molecule has 10 heteroatoms. The van der Waals surface area contributed by atoms with E-state index in [1.807, 2.05) is 0 Å². The van der Waals surface area contributed by atoms with Crippen LogP contribution in [0.15, 0.2) is 29.1 Å². The molecule has 1 aromatic carbocycles. The second-order valence-corrected chi connectivity index (χ2v) is 8.09. The minimum atomic E-state index is -2.92. The van der Waals surface area contributed by atoms with Gasteiger partial charge in [-0.05, 0) is 51.0 Å². The monoisotopic (exact) mass is 448 g/mol. The number of ether oxygens (including phenoxy) is 1. The third-order valence-electron chi connectivity index (χ3n) is 4.87. The van der Waals surface area contributed by atoms with Crippen molar-refractivity contribution >= 4 is 17.2 Å². The molecule has 2 heterocycles. The molecule has 1 N–H and O–H groups in total. The molecule has 2 aromatic heterocycles. The van der Waals surface area contributed by atoms with Crippen molar-refractivity contribution in [2.24, 2.45) is 7.05 Å². The van der Waals surface area contributed by atoms with Gasteiger partial charge in [0.1, 0.15) is 15.6 Å². The highest BCUT2D eigenvalue weighted by Crippen LogP contribution is 2.29. The Morgan fingerprint density at radius 2 is 1.94 bits per heavy atom. The Hall–Kier alpha value is -3.14. The fourth-order valence-corrected chi connectivity index (χ4v) is 4.18. The van der Waals surface area contributed by atoms with Crippen molar-refractivity contribution in [2.75, 3.05) is 0 Å². The molecule has 0 bridgehead atoms. The van der Waals surface area contributed by atoms with Gasteiger partial charge in [0.05, 0.1) is 23.0 Å². The van der Waals surface area contributed by atoms with Gasteiger partial charge in [0.25, 0.3) is 11.5 Å². The minimum absolute atomic E-state index is 0.0178. The van der Waals surface area contributed by atoms with E-state index >= 15 is 0 Å². The number of amides is 1. The summed E-state index contributed by atoms with van der Waals surface area (Å²) in [6.45, 7) is 4.12. The second kappa shape index (κ2) is 8.93. The van der Waals surface area contributed by atoms with Crippen LogP contribution in [0.2, 0.25) is 0 Å². The molecular weight excluding hydrogens is 426 g/mol. The molecule has 164 valence electrons. The predicted octanol–water partition coefficient (Wildman–Crippen LogP) is 3.92. The molecule has 0 radical (unpaired) electrons. The van der Waals surface area contributed by atoms with Crippen LogP contribution in [0.25, 0.3) is 10.6 Å². The van der Waals surface area contributed by atoms with Gasteiger partial charge in [-0.15, -0.1) is 11.3 Å². The first-order chi connectivity index (χ1) is 14.6. The normalized spacial score (nSPS) is 12.1. The summed E-state index contributed by atoms with van der Waals surface area (Å²) in [5.74, 6) is -0.349. The van der Waals surface area contributed by atoms with Gasteiger partial charge in [-0.2, -0.15) is 13.9 Å². The summed E-state index contributed by atoms with van der Waals surface area (Å²) in [5, 5.41) is 7.46. The van der Waals surface area contributed by atoms with Crippen molar-refractivity contribution in [3.05, 3.63) is 62.0 Å². The number of aryl methyl sites for hydroxylation is 3. The Labute approximate surface area is 181 Å². The van der Waals surface area contributed by atoms with Gasteiger partial charge < -0.3 is 10.1 Å². The van der Waals surface area contributed by atoms with Gasteiger partial charge >= 0.3 is 6.61 Å². The highest BCUT2D eigenvalue weighted by molar-refractivity contribution is 7.17. The van der Waals surface area contributed by atoms with Crippen LogP contribution in [0.5, 0.6) is 5.75 Å². The fraction of sp³-hybridized carbons (Fsp3) is 0.333. The Kier molecular flexibility index (Phi) is 6.49. The summed E-state index contributed by atoms with van der Waals surface area (Å²) >= 11 is 1.13. The van der Waals surface area contributed by atoms with Crippen LogP contribution in [-0.4, -0.2) is 27.3 Å². The maximum Gasteiger partial charge on any atom is 0.387 e. The number of carbonyl (C=O) groups is 1. The summed E-state index contributed by atoms with van der Waals surface area (Å²) in [6, 6.07) is 5.70. The number of benzene rings is 1. The zero-order chi connectivity index (χ0) is 22.9. The van der Waals surface area contributed by atoms with Gasteiger partial charge in [0, 0.05) is 7.05 Å². The lowest BCUT2D eigenvalue weighted by molar-refractivity contribution is -0.0499. The maximum atomic E-state index is 12.9. The molecule has 0 saturated heterocycles. The molecule has 0 aliphatic heterocycles. The molecule has 0 saturated carbocycles. The molecule has 0 fully saturated rings. The Morgan fingerprint density at radius 3 is 2.61 bits per heavy atom. The quantitative estimate of drug-likeness (QED) is 0.618. The van der Waals surface area contributed by atoms with Gasteiger partial charge in [-0.3, -0.25) is 9.59 Å². The third-order valence-corrected chi connectivity index (χ3v) is 6.05. The van der Waals surface area contributed by atoms with Crippen molar-refractivity contribution in [1.82, 2.24) is 20.1 Å². The Bertz CT molecular complexity index is 1190. The van der Waals surface area contributed by atoms with Crippen LogP contribution in [0.3, 0.4) is 0 Å². The molecule has 0 aliphatic carbocycles. The molecule has 3 aromatic rings. The number of hydrogen-bond acceptors (Lipinski definition) is 6. The van der Waals surface area contributed by atoms with Gasteiger partial charge in [-0.1, -0.05) is 12.1 Å². The van der Waals surface area contributed by atoms with Crippen molar-refractivity contribution in [2.45, 2.75) is 40.3 Å². The lowest BCUT2D eigenvalue weighted by atomic mass is 10.1. The summed E-state index contributed by atoms with van der Waals surface area (Å²) < 4.78 is 30.6. The molecule has 0 spiro atoms. The van der Waals surface area contributed by atoms with E-state index in [0.29, 0.717) is 38.0 Å². The molecule has 1 amide bonds. The lowest BCUT2D eigenvalue weighted by Crippen LogP contribution is -2.26. The number of nitrogens with one attached hydrogen (secondary N) is 1. The summed E-state index contributed by atoms with van der Waals surface area (Å²) in [6.07, 6.45) is 0. The summed E-state index contributed by atoms with van der Waals surface area (Å²) in [4.78, 5) is 30.3. The second-order valence-electron chi connectivity index (χ2n) is 7.09. The Balaban J connectivity index is 1.87. The average molecular weight is 448 g/mol. The molecule has 1 unspecified atom stereocenters. The number of halogens is 2. The Morgan fingerprint density at radius 1 is 1.23 bits per heavy atom. The SMILES string of the molecule is Cc1nc(-c2c(C)c(C)nn(C)c2=O)sc1C(=O)NC(C)c1cccc(OC(F)F)c1. The van der Waals surface area contributed by atoms with E-state index in [9.17, 15) is 18.4 Å². The largest absolute Gasteiger partial charge is 0.435 e. The number of thiazole rings is 1. The topological polar surface area (TPSA) is 86.1 Å². The minimum Gasteiger partial charge on any atom is -0.435 e. The summed E-state index contributed by atoms with van der Waals surface area (Å²) in [5.41, 5.74) is 2.67. The van der Waals surface area contributed by atoms with E-state index in [0.717, 1.165) is 11.3 Å². The highest BCUT2D eigenvalue weighted by Gasteiger charge is 2.22. The van der Waals surface area contributed by atoms with Crippen LogP contribution >= 0.6 is 11.3 Å². The average Bonchev–Trinajstić information content (AvgIpc) is 3.07. The summed E-state index contributed by atoms with van der Waals surface area (Å²) in [7, 11) is 1.57. The predicted molar refractivity (Wildman–Crippen MR) is 114 cm³/mol. The lowest BCUT2D eigenvalue weighted by Gasteiger charge is -2.15. The van der Waals surface area contributed by atoms with E-state index in [1.54, 1.807) is 46.9 Å². The molecule has 0 aliphatic rings. The van der Waals surface area contributed by atoms with Crippen LogP contribution in [0, 0.1) is 20.8 Å². The number of rotatable bonds is 6. The first-order valence-corrected chi connectivity index (χ1v) is 10.3. The molecule has 1 atom stereocenters. The third kappa shape index (κ3) is 4.79. The molecule has 3 rings (SSSR count). The number of alkyl halides is 2. The van der Waals surface area contributed by atoms with Crippen molar-refractivity contribution in [3.8, 4) is 16.3 Å². The first kappa shape index (κ1) is 22.5. The maximum absolute atomic E-state index is 12.9. The number of aromatic nitrogens is 3. The zero-order valence-electron chi connectivity index (χ0n) is 17.7. The van der Waals surface area contributed by atoms with Crippen LogP contribution < -0.4 is 15.6 Å². The van der Waals surface area contributed by atoms with Crippen LogP contribution in [0.4, 0.5) is 8.78 Å². The van der Waals surface area contributed by atoms with Gasteiger partial charge in [-0.25, -0.2) is 9.67 Å². The molecular formula is C21H22F2N4O3S. The van der Waals surface area contributed by atoms with Crippen LogP contribution in [0.1, 0.15) is 45.2 Å². The first-order valence-electron chi connectivity index (χ1n) is 9.46. The molecule has 31 heavy (non-hydrogen) atoms. The zero-order valence-corrected chi connectivity index (χ0v) is 18.5. The van der Waals surface area contributed by atoms with E-state index in [-0.39, 0.29) is 17.2 Å². The van der Waals surface area contributed by atoms with E-state index < -0.39 is 12.7 Å². The van der Waals surface area contributed by atoms with Gasteiger partial charge in [0.15, 0.2) is 0 Å². The van der Waals surface area contributed by atoms with Crippen molar-refractivity contribution in [1.29, 1.82) is 0 Å². The van der Waals surface area contributed by atoms with E-state index in [4.69, 9.17) is 0 Å². The van der Waals surface area contributed by atoms with Crippen LogP contribution in [-0.2, 0) is 7.05 Å². The number of carbonyl (C=O) groups excluding carboxylic acids is 1. The smallest absolute Gasteiger partial charge is 0.387 e. The molecule has 7 nitrogen and oxygen atoms in total. The van der Waals surface area contributed by atoms with E-state index in [2.05, 4.69) is 20.1 Å². The van der Waals surface area contributed by atoms with Crippen molar-refractivity contribution in [3.63, 3.8) is 0 Å². The number of hydrogen-bond donors (Lipinski definition) is 1. The highest BCUT2D eigenvalue weighted by atomic mass is 32.1. The van der Waals surface area contributed by atoms with E-state index in [1.165, 1.54) is 16.8 Å². The number of nitrogens with zero attached hydrogens (tertiary/aromatic N) is 3.